The van der Waals surface area contributed by atoms with E-state index in [0.29, 0.717) is 0 Å². The van der Waals surface area contributed by atoms with Crippen LogP contribution in [0.25, 0.3) is 0 Å². The van der Waals surface area contributed by atoms with Gasteiger partial charge < -0.3 is 12.2 Å². The van der Waals surface area contributed by atoms with Crippen LogP contribution in [0.15, 0.2) is 0 Å². The molecule has 2 heteroatoms. The van der Waals surface area contributed by atoms with E-state index in [-0.39, 0.29) is 0 Å². The largest absolute Gasteiger partial charge is 0.556 e. The topological polar surface area (TPSA) is 0 Å². The minimum Gasteiger partial charge on any atom is -0.556 e. The van der Waals surface area contributed by atoms with E-state index >= 15 is 0 Å². The molecule has 1 saturated heterocycles. The Morgan fingerprint density at radius 1 is 1.50 bits per heavy atom. The molecule has 0 aromatic carbocycles. The van der Waals surface area contributed by atoms with Gasteiger partial charge in [0.25, 0.3) is 0 Å². The maximum Gasteiger partial charge on any atom is 0.0478 e. The van der Waals surface area contributed by atoms with Crippen LogP contribution in [0.3, 0.4) is 0 Å². The Morgan fingerprint density at radius 3 is 2.30 bits per heavy atom. The van der Waals surface area contributed by atoms with E-state index in [4.69, 9.17) is 12.2 Å². The van der Waals surface area contributed by atoms with Gasteiger partial charge in [0.05, 0.1) is 0 Å². The Hall–Kier alpha value is 0.780. The van der Waals surface area contributed by atoms with Gasteiger partial charge in [0.15, 0.2) is 0 Å². The van der Waals surface area contributed by atoms with Gasteiger partial charge in [0, 0.05) is 17.5 Å². The molecule has 10 heavy (non-hydrogen) atoms. The molecule has 1 fully saturated rings. The quantitative estimate of drug-likeness (QED) is 0.437. The molecule has 2 atom stereocenters. The fourth-order valence-electron chi connectivity index (χ4n) is 1.84. The van der Waals surface area contributed by atoms with Crippen molar-refractivity contribution in [1.82, 2.24) is 0 Å². The molecule has 1 aliphatic heterocycles. The molecule has 0 nitrogen and oxygen atoms in total. The maximum absolute atomic E-state index is 5.72. The average Bonchev–Trinajstić information content (AvgIpc) is 2.15. The van der Waals surface area contributed by atoms with E-state index in [1.54, 1.807) is 0 Å². The molecule has 0 bridgehead atoms. The van der Waals surface area contributed by atoms with Crippen molar-refractivity contribution >= 4 is 18.7 Å². The van der Waals surface area contributed by atoms with Gasteiger partial charge in [-0.25, -0.2) is 0 Å². The first-order valence-electron chi connectivity index (χ1n) is 4.16. The lowest BCUT2D eigenvalue weighted by Crippen LogP contribution is -2.11. The molecule has 1 heterocycles. The summed E-state index contributed by atoms with van der Waals surface area (Å²) in [4.78, 5) is 0. The third-order valence-electron chi connectivity index (χ3n) is 2.75. The molecule has 0 amide bonds. The minimum absolute atomic E-state index is 0.792. The second kappa shape index (κ2) is 3.03. The zero-order chi connectivity index (χ0) is 7.78. The van der Waals surface area contributed by atoms with E-state index in [1.165, 1.54) is 19.0 Å². The SMILES string of the molecule is CC(C)[P+]1([S-])CCC[C@H]1C. The highest BCUT2D eigenvalue weighted by Crippen LogP contribution is 2.69. The van der Waals surface area contributed by atoms with Gasteiger partial charge >= 0.3 is 0 Å². The minimum atomic E-state index is -0.900. The average molecular weight is 176 g/mol. The van der Waals surface area contributed by atoms with E-state index in [1.807, 2.05) is 0 Å². The van der Waals surface area contributed by atoms with Gasteiger partial charge in [-0.2, -0.15) is 0 Å². The first kappa shape index (κ1) is 8.87. The molecule has 1 unspecified atom stereocenters. The second-order valence-corrected chi connectivity index (χ2v) is 9.77. The third-order valence-corrected chi connectivity index (χ3v) is 10.2. The number of hydrogen-bond acceptors (Lipinski definition) is 1. The van der Waals surface area contributed by atoms with Gasteiger partial charge in [0.2, 0.25) is 0 Å². The maximum atomic E-state index is 5.72. The van der Waals surface area contributed by atoms with Gasteiger partial charge in [0.1, 0.15) is 0 Å². The highest BCUT2D eigenvalue weighted by molar-refractivity contribution is 8.42. The van der Waals surface area contributed by atoms with Crippen LogP contribution in [-0.4, -0.2) is 17.5 Å². The lowest BCUT2D eigenvalue weighted by atomic mass is 10.3. The summed E-state index contributed by atoms with van der Waals surface area (Å²) in [6.45, 7) is 6.07. The molecule has 0 aromatic heterocycles. The summed E-state index contributed by atoms with van der Waals surface area (Å²) in [6, 6.07) is 0. The van der Waals surface area contributed by atoms with E-state index in [9.17, 15) is 0 Å². The molecule has 0 spiro atoms. The lowest BCUT2D eigenvalue weighted by Gasteiger charge is -2.37. The van der Waals surface area contributed by atoms with Crippen molar-refractivity contribution < 1.29 is 0 Å². The van der Waals surface area contributed by atoms with E-state index in [0.717, 1.165) is 11.3 Å². The molecule has 1 rings (SSSR count). The van der Waals surface area contributed by atoms with Crippen molar-refractivity contribution in [3.05, 3.63) is 0 Å². The summed E-state index contributed by atoms with van der Waals surface area (Å²) >= 11 is 5.72. The molecule has 1 aliphatic rings. The smallest absolute Gasteiger partial charge is 0.0478 e. The second-order valence-electron chi connectivity index (χ2n) is 3.66. The van der Waals surface area contributed by atoms with Crippen molar-refractivity contribution in [2.75, 3.05) is 6.16 Å². The van der Waals surface area contributed by atoms with Crippen molar-refractivity contribution in [1.29, 1.82) is 0 Å². The van der Waals surface area contributed by atoms with E-state index in [2.05, 4.69) is 20.8 Å². The molecule has 0 saturated carbocycles. The number of hydrogen-bond donors (Lipinski definition) is 0. The predicted octanol–water partition coefficient (Wildman–Crippen LogP) is 3.06. The Bertz CT molecular complexity index is 124. The zero-order valence-corrected chi connectivity index (χ0v) is 8.84. The monoisotopic (exact) mass is 176 g/mol. The summed E-state index contributed by atoms with van der Waals surface area (Å²) in [5, 5.41) is 0. The summed E-state index contributed by atoms with van der Waals surface area (Å²) in [7, 11) is 0. The van der Waals surface area contributed by atoms with Gasteiger partial charge in [-0.3, -0.25) is 0 Å². The third kappa shape index (κ3) is 1.36. The highest BCUT2D eigenvalue weighted by atomic mass is 32.7. The molecular formula is C8H17PS. The fourth-order valence-corrected chi connectivity index (χ4v) is 5.81. The van der Waals surface area contributed by atoms with Crippen LogP contribution in [-0.2, 0) is 12.2 Å². The van der Waals surface area contributed by atoms with Gasteiger partial charge in [-0.05, 0) is 33.6 Å². The summed E-state index contributed by atoms with van der Waals surface area (Å²) in [6.07, 6.45) is 4.17. The van der Waals surface area contributed by atoms with Crippen LogP contribution in [0.1, 0.15) is 33.6 Å². The van der Waals surface area contributed by atoms with Crippen LogP contribution in [0.2, 0.25) is 0 Å². The van der Waals surface area contributed by atoms with Crippen LogP contribution >= 0.6 is 6.46 Å². The molecular weight excluding hydrogens is 159 g/mol. The highest BCUT2D eigenvalue weighted by Gasteiger charge is 2.37. The normalized spacial score (nSPS) is 41.1. The van der Waals surface area contributed by atoms with Crippen molar-refractivity contribution in [3.8, 4) is 0 Å². The Kier molecular flexibility index (Phi) is 2.69. The van der Waals surface area contributed by atoms with Crippen LogP contribution < -0.4 is 0 Å². The molecule has 0 N–H and O–H groups in total. The van der Waals surface area contributed by atoms with Crippen molar-refractivity contribution in [2.45, 2.75) is 44.9 Å². The molecule has 60 valence electrons. The summed E-state index contributed by atoms with van der Waals surface area (Å²) in [5.74, 6) is 0. The van der Waals surface area contributed by atoms with Gasteiger partial charge in [-0.1, -0.05) is 0 Å². The van der Waals surface area contributed by atoms with Crippen molar-refractivity contribution in [3.63, 3.8) is 0 Å². The first-order chi connectivity index (χ1) is 4.57. The fraction of sp³-hybridized carbons (Fsp3) is 1.00. The van der Waals surface area contributed by atoms with Crippen LogP contribution in [0, 0.1) is 0 Å². The summed E-state index contributed by atoms with van der Waals surface area (Å²) < 4.78 is 0. The molecule has 0 aromatic rings. The van der Waals surface area contributed by atoms with Gasteiger partial charge in [-0.15, -0.1) is 6.46 Å². The van der Waals surface area contributed by atoms with Crippen LogP contribution in [0.5, 0.6) is 0 Å². The predicted molar refractivity (Wildman–Crippen MR) is 53.0 cm³/mol. The molecule has 0 radical (unpaired) electrons. The Morgan fingerprint density at radius 2 is 2.10 bits per heavy atom. The van der Waals surface area contributed by atoms with Crippen LogP contribution in [0.4, 0.5) is 0 Å². The number of rotatable bonds is 1. The lowest BCUT2D eigenvalue weighted by molar-refractivity contribution is 0.833. The van der Waals surface area contributed by atoms with E-state index < -0.39 is 6.46 Å². The standard InChI is InChI=1S/C8H17PS/c1-7(2)9(10)6-4-5-8(9)3/h7-8H,4-6H2,1-3H3/t8-,9?/m1/s1. The molecule has 0 aliphatic carbocycles. The summed E-state index contributed by atoms with van der Waals surface area (Å²) in [5.41, 5.74) is 1.67. The Labute approximate surface area is 70.3 Å². The van der Waals surface area contributed by atoms with Crippen molar-refractivity contribution in [2.24, 2.45) is 0 Å². The Balaban J connectivity index is 2.66. The zero-order valence-electron chi connectivity index (χ0n) is 7.13. The first-order valence-corrected chi connectivity index (χ1v) is 7.28.